The molecule has 196 valence electrons. The van der Waals surface area contributed by atoms with Crippen LogP contribution in [0.2, 0.25) is 10.0 Å². The lowest BCUT2D eigenvalue weighted by molar-refractivity contribution is -0.123. The molecule has 0 unspecified atom stereocenters. The fraction of sp³-hybridized carbons (Fsp3) is 0.148. The Labute approximate surface area is 241 Å². The predicted molar refractivity (Wildman–Crippen MR) is 151 cm³/mol. The van der Waals surface area contributed by atoms with E-state index in [0.717, 1.165) is 16.7 Å². The zero-order valence-corrected chi connectivity index (χ0v) is 24.0. The summed E-state index contributed by atoms with van der Waals surface area (Å²) in [5.74, 6) is 0.0895. The van der Waals surface area contributed by atoms with Gasteiger partial charge in [0.1, 0.15) is 5.75 Å². The van der Waals surface area contributed by atoms with Crippen LogP contribution in [-0.2, 0) is 11.3 Å². The van der Waals surface area contributed by atoms with Gasteiger partial charge in [0, 0.05) is 0 Å². The van der Waals surface area contributed by atoms with Gasteiger partial charge in [-0.2, -0.15) is 0 Å². The average molecular weight is 637 g/mol. The molecule has 7 nitrogen and oxygen atoms in total. The van der Waals surface area contributed by atoms with Crippen molar-refractivity contribution in [2.24, 2.45) is 0 Å². The highest BCUT2D eigenvalue weighted by Gasteiger charge is 2.35. The predicted octanol–water partition coefficient (Wildman–Crippen LogP) is 7.62. The van der Waals surface area contributed by atoms with E-state index in [-0.39, 0.29) is 17.2 Å². The van der Waals surface area contributed by atoms with Crippen molar-refractivity contribution in [1.82, 2.24) is 4.90 Å². The molecule has 1 aliphatic heterocycles. The SMILES string of the molecule is CCOc1cc(/C=C2\SC(=O)N(Cc3ccc(Cl)c(Cl)c3)C2=O)cc(Br)c1OC(=O)c1ccc(OC)cc1. The number of rotatable bonds is 8. The van der Waals surface area contributed by atoms with Crippen LogP contribution in [0.1, 0.15) is 28.4 Å². The summed E-state index contributed by atoms with van der Waals surface area (Å²) in [6, 6.07) is 14.8. The quantitative estimate of drug-likeness (QED) is 0.143. The summed E-state index contributed by atoms with van der Waals surface area (Å²) in [5.41, 5.74) is 1.58. The second kappa shape index (κ2) is 12.3. The first kappa shape index (κ1) is 28.0. The lowest BCUT2D eigenvalue weighted by Crippen LogP contribution is -2.27. The zero-order chi connectivity index (χ0) is 27.4. The molecule has 0 N–H and O–H groups in total. The van der Waals surface area contributed by atoms with E-state index in [2.05, 4.69) is 15.9 Å². The number of carbonyl (C=O) groups is 3. The van der Waals surface area contributed by atoms with Crippen molar-refractivity contribution < 1.29 is 28.6 Å². The van der Waals surface area contributed by atoms with Crippen LogP contribution in [0.5, 0.6) is 17.2 Å². The number of carbonyl (C=O) groups excluding carboxylic acids is 3. The molecule has 0 saturated carbocycles. The minimum atomic E-state index is -0.578. The standard InChI is InChI=1S/C27H20BrCl2NO6S/c1-3-36-22-12-16(10-19(28)24(22)37-26(33)17-5-7-18(35-2)8-6-17)13-23-25(32)31(27(34)38-23)14-15-4-9-20(29)21(30)11-15/h4-13H,3,14H2,1-2H3/b23-13-. The van der Waals surface area contributed by atoms with E-state index >= 15 is 0 Å². The molecule has 4 rings (SSSR count). The minimum absolute atomic E-state index is 0.0625. The molecule has 0 aliphatic carbocycles. The number of hydrogen-bond acceptors (Lipinski definition) is 7. The van der Waals surface area contributed by atoms with Gasteiger partial charge in [-0.1, -0.05) is 29.3 Å². The molecule has 38 heavy (non-hydrogen) atoms. The topological polar surface area (TPSA) is 82.1 Å². The molecule has 0 spiro atoms. The number of esters is 1. The number of ether oxygens (including phenoxy) is 3. The summed E-state index contributed by atoms with van der Waals surface area (Å²) in [5, 5.41) is 0.326. The molecule has 0 bridgehead atoms. The van der Waals surface area contributed by atoms with Crippen LogP contribution < -0.4 is 14.2 Å². The van der Waals surface area contributed by atoms with E-state index in [4.69, 9.17) is 37.4 Å². The molecule has 3 aromatic rings. The van der Waals surface area contributed by atoms with Crippen LogP contribution in [0.4, 0.5) is 4.79 Å². The number of hydrogen-bond donors (Lipinski definition) is 0. The molecule has 0 radical (unpaired) electrons. The van der Waals surface area contributed by atoms with E-state index in [1.807, 2.05) is 0 Å². The lowest BCUT2D eigenvalue weighted by atomic mass is 10.1. The molecule has 1 saturated heterocycles. The number of imide groups is 1. The molecule has 0 atom stereocenters. The second-order valence-corrected chi connectivity index (χ2v) is 10.6. The summed E-state index contributed by atoms with van der Waals surface area (Å²) >= 11 is 16.3. The number of benzene rings is 3. The third-order valence-electron chi connectivity index (χ3n) is 5.35. The maximum atomic E-state index is 13.0. The molecule has 11 heteroatoms. The fourth-order valence-corrected chi connectivity index (χ4v) is 5.22. The number of halogens is 3. The van der Waals surface area contributed by atoms with Gasteiger partial charge in [0.2, 0.25) is 0 Å². The van der Waals surface area contributed by atoms with Crippen molar-refractivity contribution in [3.8, 4) is 17.2 Å². The summed E-state index contributed by atoms with van der Waals surface area (Å²) in [4.78, 5) is 39.7. The van der Waals surface area contributed by atoms with Gasteiger partial charge in [-0.25, -0.2) is 4.79 Å². The highest BCUT2D eigenvalue weighted by molar-refractivity contribution is 9.10. The van der Waals surface area contributed by atoms with Crippen LogP contribution >= 0.6 is 50.9 Å². The Balaban J connectivity index is 1.57. The maximum absolute atomic E-state index is 13.0. The third-order valence-corrected chi connectivity index (χ3v) is 7.58. The summed E-state index contributed by atoms with van der Waals surface area (Å²) in [6.45, 7) is 2.17. The van der Waals surface area contributed by atoms with Crippen LogP contribution in [0.25, 0.3) is 6.08 Å². The van der Waals surface area contributed by atoms with Crippen molar-refractivity contribution in [2.75, 3.05) is 13.7 Å². The van der Waals surface area contributed by atoms with E-state index in [9.17, 15) is 14.4 Å². The molecule has 3 aromatic carbocycles. The van der Waals surface area contributed by atoms with Gasteiger partial charge in [-0.05, 0) is 100 Å². The van der Waals surface area contributed by atoms with E-state index in [1.54, 1.807) is 67.6 Å². The van der Waals surface area contributed by atoms with Crippen molar-refractivity contribution in [1.29, 1.82) is 0 Å². The smallest absolute Gasteiger partial charge is 0.343 e. The summed E-state index contributed by atoms with van der Waals surface area (Å²) in [6.07, 6.45) is 1.59. The minimum Gasteiger partial charge on any atom is -0.497 e. The first-order valence-electron chi connectivity index (χ1n) is 11.2. The highest BCUT2D eigenvalue weighted by atomic mass is 79.9. The first-order chi connectivity index (χ1) is 18.2. The molecule has 1 heterocycles. The van der Waals surface area contributed by atoms with Crippen LogP contribution in [0.15, 0.2) is 64.0 Å². The van der Waals surface area contributed by atoms with Gasteiger partial charge in [0.25, 0.3) is 11.1 Å². The molecular formula is C27H20BrCl2NO6S. The Morgan fingerprint density at radius 2 is 1.79 bits per heavy atom. The van der Waals surface area contributed by atoms with Gasteiger partial charge in [-0.3, -0.25) is 14.5 Å². The van der Waals surface area contributed by atoms with E-state index in [1.165, 1.54) is 7.11 Å². The highest BCUT2D eigenvalue weighted by Crippen LogP contribution is 2.40. The Kier molecular flexibility index (Phi) is 9.04. The molecule has 1 aliphatic rings. The number of thioether (sulfide) groups is 1. The van der Waals surface area contributed by atoms with Gasteiger partial charge < -0.3 is 14.2 Å². The van der Waals surface area contributed by atoms with Crippen LogP contribution in [0, 0.1) is 0 Å². The first-order valence-corrected chi connectivity index (χ1v) is 13.6. The van der Waals surface area contributed by atoms with Gasteiger partial charge in [-0.15, -0.1) is 0 Å². The molecule has 1 fully saturated rings. The Morgan fingerprint density at radius 3 is 2.45 bits per heavy atom. The number of methoxy groups -OCH3 is 1. The Bertz CT molecular complexity index is 1440. The zero-order valence-electron chi connectivity index (χ0n) is 20.1. The molecular weight excluding hydrogens is 617 g/mol. The van der Waals surface area contributed by atoms with Crippen LogP contribution in [-0.4, -0.2) is 35.7 Å². The largest absolute Gasteiger partial charge is 0.497 e. The monoisotopic (exact) mass is 635 g/mol. The second-order valence-electron chi connectivity index (χ2n) is 7.90. The molecule has 2 amide bonds. The number of nitrogens with zero attached hydrogens (tertiary/aromatic N) is 1. The van der Waals surface area contributed by atoms with Crippen LogP contribution in [0.3, 0.4) is 0 Å². The average Bonchev–Trinajstić information content (AvgIpc) is 3.15. The normalized spacial score (nSPS) is 14.2. The van der Waals surface area contributed by atoms with Crippen molar-refractivity contribution in [2.45, 2.75) is 13.5 Å². The molecule has 0 aromatic heterocycles. The van der Waals surface area contributed by atoms with Crippen molar-refractivity contribution >= 4 is 74.1 Å². The lowest BCUT2D eigenvalue weighted by Gasteiger charge is -2.14. The van der Waals surface area contributed by atoms with Gasteiger partial charge in [0.15, 0.2) is 11.5 Å². The van der Waals surface area contributed by atoms with Gasteiger partial charge >= 0.3 is 5.97 Å². The Hall–Kier alpha value is -2.98. The summed E-state index contributed by atoms with van der Waals surface area (Å²) in [7, 11) is 1.54. The third kappa shape index (κ3) is 6.35. The number of amides is 2. The van der Waals surface area contributed by atoms with E-state index < -0.39 is 17.1 Å². The summed E-state index contributed by atoms with van der Waals surface area (Å²) < 4.78 is 16.9. The van der Waals surface area contributed by atoms with Gasteiger partial charge in [0.05, 0.1) is 45.2 Å². The van der Waals surface area contributed by atoms with Crippen molar-refractivity contribution in [3.05, 3.63) is 90.7 Å². The van der Waals surface area contributed by atoms with Crippen molar-refractivity contribution in [3.63, 3.8) is 0 Å². The fourth-order valence-electron chi connectivity index (χ4n) is 3.52. The maximum Gasteiger partial charge on any atom is 0.343 e. The Morgan fingerprint density at radius 1 is 1.05 bits per heavy atom. The van der Waals surface area contributed by atoms with E-state index in [0.29, 0.717) is 49.3 Å².